The van der Waals surface area contributed by atoms with Crippen LogP contribution in [0.25, 0.3) is 0 Å². The minimum atomic E-state index is -3.43. The highest BCUT2D eigenvalue weighted by Gasteiger charge is 2.22. The zero-order valence-electron chi connectivity index (χ0n) is 9.89. The first-order valence-corrected chi connectivity index (χ1v) is 7.27. The predicted molar refractivity (Wildman–Crippen MR) is 63.9 cm³/mol. The summed E-state index contributed by atoms with van der Waals surface area (Å²) < 4.78 is 28.1. The van der Waals surface area contributed by atoms with Gasteiger partial charge in [-0.25, -0.2) is 13.1 Å². The minimum Gasteiger partial charge on any atom is -0.390 e. The van der Waals surface area contributed by atoms with Gasteiger partial charge in [-0.2, -0.15) is 0 Å². The number of nitrogens with zero attached hydrogens (tertiary/aromatic N) is 1. The maximum absolute atomic E-state index is 12.0. The number of rotatable bonds is 5. The van der Waals surface area contributed by atoms with Gasteiger partial charge in [0.2, 0.25) is 10.0 Å². The molecule has 1 fully saturated rings. The van der Waals surface area contributed by atoms with Crippen molar-refractivity contribution < 1.29 is 13.5 Å². The van der Waals surface area contributed by atoms with Crippen molar-refractivity contribution >= 4 is 10.0 Å². The van der Waals surface area contributed by atoms with Crippen molar-refractivity contribution in [3.8, 4) is 0 Å². The first-order valence-electron chi connectivity index (χ1n) is 5.78. The fraction of sp³-hybridized carbons (Fsp3) is 0.636. The highest BCUT2D eigenvalue weighted by Crippen LogP contribution is 2.25. The van der Waals surface area contributed by atoms with Crippen LogP contribution in [0.5, 0.6) is 0 Å². The van der Waals surface area contributed by atoms with E-state index in [1.54, 1.807) is 11.6 Å². The lowest BCUT2D eigenvalue weighted by Crippen LogP contribution is -2.32. The Labute approximate surface area is 102 Å². The second kappa shape index (κ2) is 4.80. The highest BCUT2D eigenvalue weighted by atomic mass is 32.2. The summed E-state index contributed by atoms with van der Waals surface area (Å²) in [5.41, 5.74) is 0.592. The van der Waals surface area contributed by atoms with Crippen LogP contribution in [0.4, 0.5) is 0 Å². The second-order valence-electron chi connectivity index (χ2n) is 4.58. The molecule has 0 atom stereocenters. The highest BCUT2D eigenvalue weighted by molar-refractivity contribution is 7.89. The Kier molecular flexibility index (Phi) is 3.56. The van der Waals surface area contributed by atoms with Gasteiger partial charge in [0, 0.05) is 25.5 Å². The van der Waals surface area contributed by atoms with Gasteiger partial charge < -0.3 is 9.67 Å². The minimum absolute atomic E-state index is 0.158. The molecule has 0 amide bonds. The molecule has 1 aliphatic carbocycles. The Bertz CT molecular complexity index is 489. The SMILES string of the molecule is Cn1cc(S(=O)(=O)NCC2CCC2)cc1CO. The van der Waals surface area contributed by atoms with E-state index in [1.807, 2.05) is 0 Å². The van der Waals surface area contributed by atoms with E-state index < -0.39 is 10.0 Å². The van der Waals surface area contributed by atoms with Crippen LogP contribution in [0.3, 0.4) is 0 Å². The molecule has 2 N–H and O–H groups in total. The smallest absolute Gasteiger partial charge is 0.242 e. The summed E-state index contributed by atoms with van der Waals surface area (Å²) in [4.78, 5) is 0.225. The van der Waals surface area contributed by atoms with Crippen LogP contribution in [0.15, 0.2) is 17.2 Å². The molecule has 0 spiro atoms. The molecule has 0 unspecified atom stereocenters. The van der Waals surface area contributed by atoms with Crippen LogP contribution >= 0.6 is 0 Å². The van der Waals surface area contributed by atoms with Gasteiger partial charge in [0.25, 0.3) is 0 Å². The first-order chi connectivity index (χ1) is 8.03. The third-order valence-electron chi connectivity index (χ3n) is 3.34. The second-order valence-corrected chi connectivity index (χ2v) is 6.35. The van der Waals surface area contributed by atoms with Gasteiger partial charge in [-0.3, -0.25) is 0 Å². The van der Waals surface area contributed by atoms with Crippen molar-refractivity contribution in [1.29, 1.82) is 0 Å². The van der Waals surface area contributed by atoms with E-state index in [4.69, 9.17) is 5.11 Å². The summed E-state index contributed by atoms with van der Waals surface area (Å²) >= 11 is 0. The molecule has 6 heteroatoms. The van der Waals surface area contributed by atoms with Gasteiger partial charge in [0.05, 0.1) is 11.5 Å². The molecule has 17 heavy (non-hydrogen) atoms. The lowest BCUT2D eigenvalue weighted by Gasteiger charge is -2.25. The summed E-state index contributed by atoms with van der Waals surface area (Å²) in [6, 6.07) is 1.50. The molecule has 0 saturated heterocycles. The molecule has 1 saturated carbocycles. The molecule has 1 heterocycles. The Morgan fingerprint density at radius 1 is 1.53 bits per heavy atom. The van der Waals surface area contributed by atoms with Crippen LogP contribution in [-0.2, 0) is 23.7 Å². The van der Waals surface area contributed by atoms with E-state index in [0.717, 1.165) is 12.8 Å². The Morgan fingerprint density at radius 2 is 2.24 bits per heavy atom. The quantitative estimate of drug-likeness (QED) is 0.812. The molecule has 0 bridgehead atoms. The molecule has 5 nitrogen and oxygen atoms in total. The van der Waals surface area contributed by atoms with Crippen LogP contribution in [-0.4, -0.2) is 24.6 Å². The lowest BCUT2D eigenvalue weighted by atomic mass is 9.86. The fourth-order valence-electron chi connectivity index (χ4n) is 1.89. The molecule has 0 radical (unpaired) electrons. The maximum atomic E-state index is 12.0. The van der Waals surface area contributed by atoms with Crippen molar-refractivity contribution in [2.24, 2.45) is 13.0 Å². The molecule has 96 valence electrons. The van der Waals surface area contributed by atoms with Gasteiger partial charge in [-0.15, -0.1) is 0 Å². The third kappa shape index (κ3) is 2.70. The maximum Gasteiger partial charge on any atom is 0.242 e. The van der Waals surface area contributed by atoms with Crippen LogP contribution in [0, 0.1) is 5.92 Å². The van der Waals surface area contributed by atoms with E-state index in [2.05, 4.69) is 4.72 Å². The number of hydrogen-bond donors (Lipinski definition) is 2. The van der Waals surface area contributed by atoms with Gasteiger partial charge in [0.1, 0.15) is 0 Å². The van der Waals surface area contributed by atoms with Gasteiger partial charge in [-0.1, -0.05) is 6.42 Å². The molecule has 0 aromatic carbocycles. The van der Waals surface area contributed by atoms with Crippen molar-refractivity contribution in [2.75, 3.05) is 6.54 Å². The van der Waals surface area contributed by atoms with Crippen LogP contribution in [0.1, 0.15) is 25.0 Å². The Hall–Kier alpha value is -0.850. The summed E-state index contributed by atoms with van der Waals surface area (Å²) in [7, 11) is -1.71. The van der Waals surface area contributed by atoms with E-state index >= 15 is 0 Å². The standard InChI is InChI=1S/C11H18N2O3S/c1-13-7-11(5-10(13)8-14)17(15,16)12-6-9-3-2-4-9/h5,7,9,12,14H,2-4,6,8H2,1H3. The average Bonchev–Trinajstić information content (AvgIpc) is 2.57. The van der Waals surface area contributed by atoms with Gasteiger partial charge in [0.15, 0.2) is 0 Å². The number of sulfonamides is 1. The Morgan fingerprint density at radius 3 is 2.71 bits per heavy atom. The molecular weight excluding hydrogens is 240 g/mol. The van der Waals surface area contributed by atoms with Crippen LogP contribution < -0.4 is 4.72 Å². The molecular formula is C11H18N2O3S. The number of aliphatic hydroxyl groups is 1. The summed E-state index contributed by atoms with van der Waals surface area (Å²) in [6.45, 7) is 0.361. The van der Waals surface area contributed by atoms with Gasteiger partial charge in [-0.05, 0) is 24.8 Å². The Balaban J connectivity index is 2.07. The summed E-state index contributed by atoms with van der Waals surface area (Å²) in [5, 5.41) is 9.03. The van der Waals surface area contributed by atoms with Gasteiger partial charge >= 0.3 is 0 Å². The predicted octanol–water partition coefficient (Wildman–Crippen LogP) is 0.596. The first kappa shape index (κ1) is 12.6. The largest absolute Gasteiger partial charge is 0.390 e. The number of hydrogen-bond acceptors (Lipinski definition) is 3. The number of aromatic nitrogens is 1. The lowest BCUT2D eigenvalue weighted by molar-refractivity contribution is 0.272. The molecule has 0 aliphatic heterocycles. The third-order valence-corrected chi connectivity index (χ3v) is 4.73. The van der Waals surface area contributed by atoms with E-state index in [-0.39, 0.29) is 11.5 Å². The monoisotopic (exact) mass is 258 g/mol. The zero-order valence-corrected chi connectivity index (χ0v) is 10.7. The topological polar surface area (TPSA) is 71.3 Å². The fourth-order valence-corrected chi connectivity index (χ4v) is 3.10. The normalized spacial score (nSPS) is 17.1. The van der Waals surface area contributed by atoms with Crippen molar-refractivity contribution in [3.05, 3.63) is 18.0 Å². The van der Waals surface area contributed by atoms with E-state index in [9.17, 15) is 8.42 Å². The number of nitrogens with one attached hydrogen (secondary N) is 1. The van der Waals surface area contributed by atoms with Crippen LogP contribution in [0.2, 0.25) is 0 Å². The zero-order chi connectivity index (χ0) is 12.5. The summed E-state index contributed by atoms with van der Waals surface area (Å²) in [6.07, 6.45) is 4.94. The van der Waals surface area contributed by atoms with Crippen molar-refractivity contribution in [3.63, 3.8) is 0 Å². The summed E-state index contributed by atoms with van der Waals surface area (Å²) in [5.74, 6) is 0.491. The van der Waals surface area contributed by atoms with E-state index in [0.29, 0.717) is 18.2 Å². The van der Waals surface area contributed by atoms with Crippen molar-refractivity contribution in [1.82, 2.24) is 9.29 Å². The molecule has 1 aromatic heterocycles. The number of aryl methyl sites for hydroxylation is 1. The molecule has 1 aliphatic rings. The number of aliphatic hydroxyl groups excluding tert-OH is 1. The average molecular weight is 258 g/mol. The molecule has 2 rings (SSSR count). The van der Waals surface area contributed by atoms with E-state index in [1.165, 1.54) is 18.7 Å². The molecule has 1 aromatic rings. The van der Waals surface area contributed by atoms with Crippen molar-refractivity contribution in [2.45, 2.75) is 30.8 Å².